The number of nitro groups is 1. The number of hydrogen-bond donors (Lipinski definition) is 2. The molecule has 1 saturated carbocycles. The number of nitrogens with zero attached hydrogens (tertiary/aromatic N) is 1. The average molecular weight is 372 g/mol. The van der Waals surface area contributed by atoms with Crippen molar-refractivity contribution < 1.29 is 14.4 Å². The maximum Gasteiger partial charge on any atom is 0.311 e. The van der Waals surface area contributed by atoms with Crippen LogP contribution in [0.4, 0.5) is 5.69 Å². The number of morpholine rings is 1. The lowest BCUT2D eigenvalue weighted by atomic mass is 9.94. The molecule has 25 heavy (non-hydrogen) atoms. The van der Waals surface area contributed by atoms with Crippen LogP contribution in [0.3, 0.4) is 0 Å². The molecule has 1 aliphatic heterocycles. The summed E-state index contributed by atoms with van der Waals surface area (Å²) in [4.78, 5) is 10.7. The molecule has 0 spiro atoms. The Morgan fingerprint density at radius 1 is 1.44 bits per heavy atom. The second-order valence-corrected chi connectivity index (χ2v) is 6.48. The van der Waals surface area contributed by atoms with Gasteiger partial charge in [-0.2, -0.15) is 0 Å². The molecule has 1 heterocycles. The zero-order valence-electron chi connectivity index (χ0n) is 14.4. The van der Waals surface area contributed by atoms with Crippen molar-refractivity contribution in [2.45, 2.75) is 37.9 Å². The minimum absolute atomic E-state index is 0. The number of halogens is 1. The van der Waals surface area contributed by atoms with Crippen molar-refractivity contribution in [2.75, 3.05) is 26.9 Å². The van der Waals surface area contributed by atoms with Gasteiger partial charge >= 0.3 is 5.69 Å². The summed E-state index contributed by atoms with van der Waals surface area (Å²) in [5.74, 6) is 0.851. The summed E-state index contributed by atoms with van der Waals surface area (Å²) in [5.41, 5.74) is 0.920. The third kappa shape index (κ3) is 4.82. The predicted octanol–water partition coefficient (Wildman–Crippen LogP) is 2.27. The van der Waals surface area contributed by atoms with E-state index in [1.165, 1.54) is 20.0 Å². The maximum absolute atomic E-state index is 11.1. The van der Waals surface area contributed by atoms with E-state index in [0.29, 0.717) is 30.3 Å². The standard InChI is InChI=1S/C17H25N3O4.ClH/c1-23-17-6-5-12(9-16(17)20(21)22)10-19-14-4-2-3-13(14)15-11-24-8-7-18-15;/h5-6,9,13-15,18-19H,2-4,7-8,10-11H2,1H3;1H. The summed E-state index contributed by atoms with van der Waals surface area (Å²) >= 11 is 0. The fraction of sp³-hybridized carbons (Fsp3) is 0.647. The molecule has 8 heteroatoms. The van der Waals surface area contributed by atoms with Crippen LogP contribution in [-0.4, -0.2) is 43.9 Å². The van der Waals surface area contributed by atoms with Crippen molar-refractivity contribution in [2.24, 2.45) is 5.92 Å². The van der Waals surface area contributed by atoms with Gasteiger partial charge in [-0.15, -0.1) is 12.4 Å². The Morgan fingerprint density at radius 2 is 2.28 bits per heavy atom. The van der Waals surface area contributed by atoms with Gasteiger partial charge in [0.25, 0.3) is 0 Å². The van der Waals surface area contributed by atoms with E-state index in [9.17, 15) is 10.1 Å². The Bertz CT molecular complexity index is 581. The molecule has 2 aliphatic rings. The molecule has 140 valence electrons. The zero-order valence-corrected chi connectivity index (χ0v) is 15.2. The first-order valence-electron chi connectivity index (χ1n) is 8.55. The second-order valence-electron chi connectivity index (χ2n) is 6.48. The first kappa shape index (κ1) is 19.9. The van der Waals surface area contributed by atoms with Gasteiger partial charge in [0.15, 0.2) is 5.75 Å². The van der Waals surface area contributed by atoms with Crippen LogP contribution in [0.25, 0.3) is 0 Å². The maximum atomic E-state index is 11.1. The van der Waals surface area contributed by atoms with E-state index in [0.717, 1.165) is 31.7 Å². The van der Waals surface area contributed by atoms with E-state index in [1.807, 2.05) is 6.07 Å². The second kappa shape index (κ2) is 9.33. The van der Waals surface area contributed by atoms with Crippen molar-refractivity contribution in [3.8, 4) is 5.75 Å². The molecular weight excluding hydrogens is 346 g/mol. The Morgan fingerprint density at radius 3 is 2.96 bits per heavy atom. The van der Waals surface area contributed by atoms with Crippen LogP contribution in [0.5, 0.6) is 5.75 Å². The highest BCUT2D eigenvalue weighted by Crippen LogP contribution is 2.31. The third-order valence-corrected chi connectivity index (χ3v) is 5.04. The Hall–Kier alpha value is -1.41. The summed E-state index contributed by atoms with van der Waals surface area (Å²) in [6.45, 7) is 3.10. The monoisotopic (exact) mass is 371 g/mol. The lowest BCUT2D eigenvalue weighted by Crippen LogP contribution is -2.50. The molecule has 1 saturated heterocycles. The lowest BCUT2D eigenvalue weighted by Gasteiger charge is -2.33. The van der Waals surface area contributed by atoms with Gasteiger partial charge in [-0.05, 0) is 30.4 Å². The van der Waals surface area contributed by atoms with Crippen LogP contribution in [0.1, 0.15) is 24.8 Å². The number of benzene rings is 1. The first-order chi connectivity index (χ1) is 11.7. The van der Waals surface area contributed by atoms with Crippen molar-refractivity contribution in [1.29, 1.82) is 0 Å². The molecule has 0 aromatic heterocycles. The molecule has 2 N–H and O–H groups in total. The summed E-state index contributed by atoms with van der Waals surface area (Å²) in [6, 6.07) is 5.97. The predicted molar refractivity (Wildman–Crippen MR) is 97.5 cm³/mol. The molecule has 1 aliphatic carbocycles. The topological polar surface area (TPSA) is 85.7 Å². The van der Waals surface area contributed by atoms with Crippen LogP contribution < -0.4 is 15.4 Å². The van der Waals surface area contributed by atoms with E-state index in [4.69, 9.17) is 9.47 Å². The number of hydrogen-bond acceptors (Lipinski definition) is 6. The fourth-order valence-corrected chi connectivity index (χ4v) is 3.82. The van der Waals surface area contributed by atoms with Crippen LogP contribution >= 0.6 is 12.4 Å². The summed E-state index contributed by atoms with van der Waals surface area (Å²) in [7, 11) is 1.45. The molecule has 3 rings (SSSR count). The quantitative estimate of drug-likeness (QED) is 0.589. The fourth-order valence-electron chi connectivity index (χ4n) is 3.82. The Labute approximate surface area is 154 Å². The molecule has 0 amide bonds. The Balaban J connectivity index is 0.00000225. The molecule has 0 bridgehead atoms. The average Bonchev–Trinajstić information content (AvgIpc) is 3.09. The van der Waals surface area contributed by atoms with Crippen molar-refractivity contribution in [3.63, 3.8) is 0 Å². The molecule has 0 radical (unpaired) electrons. The molecule has 3 unspecified atom stereocenters. The number of nitrogens with one attached hydrogen (secondary N) is 2. The van der Waals surface area contributed by atoms with E-state index in [-0.39, 0.29) is 18.1 Å². The van der Waals surface area contributed by atoms with E-state index in [1.54, 1.807) is 12.1 Å². The SMILES string of the molecule is COc1ccc(CNC2CCCC2C2COCCN2)cc1[N+](=O)[O-].Cl. The normalized spacial score (nSPS) is 26.0. The molecule has 1 aromatic carbocycles. The van der Waals surface area contributed by atoms with Crippen LogP contribution in [0, 0.1) is 16.0 Å². The highest BCUT2D eigenvalue weighted by atomic mass is 35.5. The summed E-state index contributed by atoms with van der Waals surface area (Å²) in [5, 5.41) is 18.3. The molecule has 7 nitrogen and oxygen atoms in total. The number of nitro benzene ring substituents is 1. The minimum atomic E-state index is -0.399. The third-order valence-electron chi connectivity index (χ3n) is 5.04. The van der Waals surface area contributed by atoms with Gasteiger partial charge in [0.2, 0.25) is 0 Å². The lowest BCUT2D eigenvalue weighted by molar-refractivity contribution is -0.385. The van der Waals surface area contributed by atoms with E-state index < -0.39 is 4.92 Å². The van der Waals surface area contributed by atoms with Gasteiger partial charge < -0.3 is 20.1 Å². The Kier molecular flexibility index (Phi) is 7.43. The van der Waals surface area contributed by atoms with Gasteiger partial charge in [-0.3, -0.25) is 10.1 Å². The smallest absolute Gasteiger partial charge is 0.311 e. The first-order valence-corrected chi connectivity index (χ1v) is 8.55. The highest BCUT2D eigenvalue weighted by molar-refractivity contribution is 5.85. The van der Waals surface area contributed by atoms with Gasteiger partial charge in [0, 0.05) is 31.2 Å². The van der Waals surface area contributed by atoms with Crippen LogP contribution in [0.2, 0.25) is 0 Å². The van der Waals surface area contributed by atoms with Crippen molar-refractivity contribution >= 4 is 18.1 Å². The van der Waals surface area contributed by atoms with Gasteiger partial charge in [-0.25, -0.2) is 0 Å². The van der Waals surface area contributed by atoms with Crippen LogP contribution in [-0.2, 0) is 11.3 Å². The summed E-state index contributed by atoms with van der Waals surface area (Å²) < 4.78 is 10.6. The molecule has 2 fully saturated rings. The zero-order chi connectivity index (χ0) is 16.9. The van der Waals surface area contributed by atoms with Gasteiger partial charge in [0.1, 0.15) is 0 Å². The number of ether oxygens (including phenoxy) is 2. The van der Waals surface area contributed by atoms with E-state index in [2.05, 4.69) is 10.6 Å². The van der Waals surface area contributed by atoms with Crippen molar-refractivity contribution in [1.82, 2.24) is 10.6 Å². The highest BCUT2D eigenvalue weighted by Gasteiger charge is 2.34. The molecule has 1 aromatic rings. The van der Waals surface area contributed by atoms with Gasteiger partial charge in [0.05, 0.1) is 25.2 Å². The largest absolute Gasteiger partial charge is 0.490 e. The van der Waals surface area contributed by atoms with Crippen molar-refractivity contribution in [3.05, 3.63) is 33.9 Å². The molecule has 3 atom stereocenters. The van der Waals surface area contributed by atoms with Gasteiger partial charge in [-0.1, -0.05) is 12.5 Å². The molecular formula is C17H26ClN3O4. The number of methoxy groups -OCH3 is 1. The van der Waals surface area contributed by atoms with E-state index >= 15 is 0 Å². The summed E-state index contributed by atoms with van der Waals surface area (Å²) in [6.07, 6.45) is 3.55. The minimum Gasteiger partial charge on any atom is -0.490 e. The number of rotatable bonds is 6. The van der Waals surface area contributed by atoms with Crippen LogP contribution in [0.15, 0.2) is 18.2 Å².